The molecule has 162 valence electrons. The number of anilines is 2. The van der Waals surface area contributed by atoms with Crippen molar-refractivity contribution in [3.63, 3.8) is 0 Å². The quantitative estimate of drug-likeness (QED) is 0.669. The molecule has 0 bridgehead atoms. The van der Waals surface area contributed by atoms with Gasteiger partial charge < -0.3 is 9.80 Å². The van der Waals surface area contributed by atoms with E-state index in [2.05, 4.69) is 4.90 Å². The largest absolute Gasteiger partial charge is 0.368 e. The maximum absolute atomic E-state index is 12.9. The van der Waals surface area contributed by atoms with E-state index in [9.17, 15) is 13.2 Å². The summed E-state index contributed by atoms with van der Waals surface area (Å²) in [6, 6.07) is 10.8. The predicted molar refractivity (Wildman–Crippen MR) is 123 cm³/mol. The van der Waals surface area contributed by atoms with E-state index in [4.69, 9.17) is 23.2 Å². The van der Waals surface area contributed by atoms with Gasteiger partial charge in [-0.15, -0.1) is 0 Å². The number of carbonyl (C=O) groups is 1. The zero-order valence-corrected chi connectivity index (χ0v) is 19.6. The minimum Gasteiger partial charge on any atom is -0.368 e. The summed E-state index contributed by atoms with van der Waals surface area (Å²) in [6.45, 7) is 5.90. The van der Waals surface area contributed by atoms with Crippen LogP contribution in [-0.2, 0) is 14.8 Å². The average Bonchev–Trinajstić information content (AvgIpc) is 2.69. The van der Waals surface area contributed by atoms with Gasteiger partial charge in [-0.3, -0.25) is 9.10 Å². The fourth-order valence-corrected chi connectivity index (χ4v) is 4.81. The van der Waals surface area contributed by atoms with Crippen LogP contribution in [0.2, 0.25) is 10.0 Å². The highest BCUT2D eigenvalue weighted by Crippen LogP contribution is 2.27. The van der Waals surface area contributed by atoms with Crippen LogP contribution < -0.4 is 9.21 Å². The molecule has 1 amide bonds. The number of sulfonamides is 1. The summed E-state index contributed by atoms with van der Waals surface area (Å²) in [5, 5.41) is 1.09. The van der Waals surface area contributed by atoms with Gasteiger partial charge in [0.1, 0.15) is 6.54 Å². The van der Waals surface area contributed by atoms with Crippen LogP contribution in [0.4, 0.5) is 11.4 Å². The van der Waals surface area contributed by atoms with Gasteiger partial charge in [-0.2, -0.15) is 0 Å². The molecule has 1 fully saturated rings. The molecule has 0 N–H and O–H groups in total. The van der Waals surface area contributed by atoms with E-state index in [1.54, 1.807) is 30.0 Å². The second-order valence-corrected chi connectivity index (χ2v) is 10.3. The Hall–Kier alpha value is -1.96. The lowest BCUT2D eigenvalue weighted by Gasteiger charge is -2.37. The maximum Gasteiger partial charge on any atom is 0.243 e. The first-order valence-corrected chi connectivity index (χ1v) is 12.2. The molecule has 1 aliphatic heterocycles. The summed E-state index contributed by atoms with van der Waals surface area (Å²) in [7, 11) is -3.65. The monoisotopic (exact) mass is 469 g/mol. The molecular weight excluding hydrogens is 445 g/mol. The van der Waals surface area contributed by atoms with Gasteiger partial charge in [0.15, 0.2) is 0 Å². The number of piperazine rings is 1. The van der Waals surface area contributed by atoms with E-state index in [1.165, 1.54) is 0 Å². The molecule has 0 aliphatic carbocycles. The predicted octanol–water partition coefficient (Wildman–Crippen LogP) is 3.73. The number of nitrogens with zero attached hydrogens (tertiary/aromatic N) is 3. The van der Waals surface area contributed by atoms with Crippen molar-refractivity contribution in [1.82, 2.24) is 4.90 Å². The van der Waals surface area contributed by atoms with E-state index in [0.29, 0.717) is 41.9 Å². The average molecular weight is 470 g/mol. The fourth-order valence-electron chi connectivity index (χ4n) is 3.58. The third-order valence-electron chi connectivity index (χ3n) is 5.26. The molecule has 2 aromatic carbocycles. The van der Waals surface area contributed by atoms with Gasteiger partial charge in [-0.1, -0.05) is 35.3 Å². The molecule has 3 rings (SSSR count). The van der Waals surface area contributed by atoms with Gasteiger partial charge in [-0.25, -0.2) is 8.42 Å². The molecule has 0 atom stereocenters. The van der Waals surface area contributed by atoms with Crippen LogP contribution in [0.3, 0.4) is 0 Å². The van der Waals surface area contributed by atoms with E-state index in [1.807, 2.05) is 25.1 Å². The van der Waals surface area contributed by atoms with Crippen LogP contribution in [0.5, 0.6) is 0 Å². The Balaban J connectivity index is 1.72. The van der Waals surface area contributed by atoms with Crippen LogP contribution in [0, 0.1) is 13.8 Å². The standard InChI is InChI=1S/C21H25Cl2N3O3S/c1-15-4-6-17(22)12-19(15)24-8-10-25(11-9-24)21(27)14-26(30(3,28)29)20-13-18(23)7-5-16(20)2/h4-7,12-13H,8-11,14H2,1-3H3. The lowest BCUT2D eigenvalue weighted by atomic mass is 10.1. The van der Waals surface area contributed by atoms with Gasteiger partial charge in [0.05, 0.1) is 11.9 Å². The Kier molecular flexibility index (Phi) is 6.84. The van der Waals surface area contributed by atoms with Crippen molar-refractivity contribution < 1.29 is 13.2 Å². The number of amides is 1. The van der Waals surface area contributed by atoms with Gasteiger partial charge in [0.25, 0.3) is 0 Å². The van der Waals surface area contributed by atoms with Gasteiger partial charge >= 0.3 is 0 Å². The topological polar surface area (TPSA) is 60.9 Å². The van der Waals surface area contributed by atoms with Crippen LogP contribution >= 0.6 is 23.2 Å². The Bertz CT molecular complexity index is 1050. The van der Waals surface area contributed by atoms with Crippen molar-refractivity contribution in [3.05, 3.63) is 57.6 Å². The van der Waals surface area contributed by atoms with Crippen LogP contribution in [0.25, 0.3) is 0 Å². The molecule has 0 aromatic heterocycles. The number of hydrogen-bond acceptors (Lipinski definition) is 4. The zero-order valence-electron chi connectivity index (χ0n) is 17.2. The molecule has 1 aliphatic rings. The number of hydrogen-bond donors (Lipinski definition) is 0. The number of aryl methyl sites for hydroxylation is 2. The molecule has 6 nitrogen and oxygen atoms in total. The van der Waals surface area contributed by atoms with E-state index < -0.39 is 10.0 Å². The summed E-state index contributed by atoms with van der Waals surface area (Å²) in [4.78, 5) is 16.8. The van der Waals surface area contributed by atoms with Crippen LogP contribution in [-0.4, -0.2) is 58.2 Å². The first-order valence-electron chi connectivity index (χ1n) is 9.59. The van der Waals surface area contributed by atoms with Crippen molar-refractivity contribution >= 4 is 50.5 Å². The molecule has 9 heteroatoms. The highest BCUT2D eigenvalue weighted by Gasteiger charge is 2.28. The van der Waals surface area contributed by atoms with Crippen molar-refractivity contribution in [1.29, 1.82) is 0 Å². The smallest absolute Gasteiger partial charge is 0.243 e. The highest BCUT2D eigenvalue weighted by molar-refractivity contribution is 7.92. The molecule has 0 unspecified atom stereocenters. The SMILES string of the molecule is Cc1ccc(Cl)cc1N1CCN(C(=O)CN(c2cc(Cl)ccc2C)S(C)(=O)=O)CC1. The maximum atomic E-state index is 12.9. The van der Waals surface area contributed by atoms with Crippen molar-refractivity contribution in [2.45, 2.75) is 13.8 Å². The number of halogens is 2. The molecule has 1 heterocycles. The second-order valence-electron chi connectivity index (χ2n) is 7.50. The van der Waals surface area contributed by atoms with Crippen LogP contribution in [0.15, 0.2) is 36.4 Å². The fraction of sp³-hybridized carbons (Fsp3) is 0.381. The van der Waals surface area contributed by atoms with Crippen molar-refractivity contribution in [2.24, 2.45) is 0 Å². The summed E-state index contributed by atoms with van der Waals surface area (Å²) in [6.07, 6.45) is 1.10. The summed E-state index contributed by atoms with van der Waals surface area (Å²) >= 11 is 12.2. The molecular formula is C21H25Cl2N3O3S. The summed E-state index contributed by atoms with van der Waals surface area (Å²) < 4.78 is 26.0. The van der Waals surface area contributed by atoms with Gasteiger partial charge in [0, 0.05) is 41.9 Å². The first-order chi connectivity index (χ1) is 14.1. The summed E-state index contributed by atoms with van der Waals surface area (Å²) in [5.74, 6) is -0.234. The second kappa shape index (κ2) is 9.04. The highest BCUT2D eigenvalue weighted by atomic mass is 35.5. The summed E-state index contributed by atoms with van der Waals surface area (Å²) in [5.41, 5.74) is 3.34. The van der Waals surface area contributed by atoms with Crippen LogP contribution in [0.1, 0.15) is 11.1 Å². The molecule has 1 saturated heterocycles. The van der Waals surface area contributed by atoms with E-state index in [-0.39, 0.29) is 12.5 Å². The zero-order chi connectivity index (χ0) is 22.1. The van der Waals surface area contributed by atoms with Crippen molar-refractivity contribution in [3.8, 4) is 0 Å². The lowest BCUT2D eigenvalue weighted by Crippen LogP contribution is -2.52. The molecule has 2 aromatic rings. The van der Waals surface area contributed by atoms with Crippen molar-refractivity contribution in [2.75, 3.05) is 48.2 Å². The number of carbonyl (C=O) groups excluding carboxylic acids is 1. The minimum absolute atomic E-state index is 0.234. The number of benzene rings is 2. The lowest BCUT2D eigenvalue weighted by molar-refractivity contribution is -0.129. The molecule has 0 saturated carbocycles. The Morgan fingerprint density at radius 1 is 0.967 bits per heavy atom. The van der Waals surface area contributed by atoms with Gasteiger partial charge in [0.2, 0.25) is 15.9 Å². The Labute approximate surface area is 188 Å². The number of rotatable bonds is 5. The third kappa shape index (κ3) is 5.20. The Morgan fingerprint density at radius 2 is 1.53 bits per heavy atom. The van der Waals surface area contributed by atoms with E-state index in [0.717, 1.165) is 27.4 Å². The molecule has 0 radical (unpaired) electrons. The third-order valence-corrected chi connectivity index (χ3v) is 6.86. The normalized spacial score (nSPS) is 14.7. The van der Waals surface area contributed by atoms with E-state index >= 15 is 0 Å². The first kappa shape index (κ1) is 22.7. The van der Waals surface area contributed by atoms with Gasteiger partial charge in [-0.05, 0) is 49.2 Å². The molecule has 0 spiro atoms. The molecule has 30 heavy (non-hydrogen) atoms. The minimum atomic E-state index is -3.65. The Morgan fingerprint density at radius 3 is 2.13 bits per heavy atom.